The van der Waals surface area contributed by atoms with Crippen LogP contribution in [0.15, 0.2) is 40.9 Å². The van der Waals surface area contributed by atoms with Gasteiger partial charge in [-0.2, -0.15) is 0 Å². The summed E-state index contributed by atoms with van der Waals surface area (Å²) in [6, 6.07) is 10.5. The zero-order valence-corrected chi connectivity index (χ0v) is 15.3. The van der Waals surface area contributed by atoms with Crippen molar-refractivity contribution in [3.05, 3.63) is 62.8 Å². The number of benzene rings is 2. The van der Waals surface area contributed by atoms with Crippen molar-refractivity contribution in [3.63, 3.8) is 0 Å². The van der Waals surface area contributed by atoms with Gasteiger partial charge in [0.05, 0.1) is 6.61 Å². The molecule has 0 aromatic heterocycles. The predicted molar refractivity (Wildman–Crippen MR) is 92.1 cm³/mol. The maximum atomic E-state index is 13.9. The van der Waals surface area contributed by atoms with Gasteiger partial charge in [0.25, 0.3) is 0 Å². The summed E-state index contributed by atoms with van der Waals surface area (Å²) in [6.07, 6.45) is 0.446. The van der Waals surface area contributed by atoms with E-state index in [9.17, 15) is 4.39 Å². The lowest BCUT2D eigenvalue weighted by molar-refractivity contribution is 0.336. The first kappa shape index (κ1) is 16.8. The highest BCUT2D eigenvalue weighted by Crippen LogP contribution is 2.37. The summed E-state index contributed by atoms with van der Waals surface area (Å²) in [5.41, 5.74) is 1.47. The molecule has 0 fully saturated rings. The van der Waals surface area contributed by atoms with Gasteiger partial charge in [-0.15, -0.1) is 0 Å². The minimum absolute atomic E-state index is 0.0917. The Labute approximate surface area is 145 Å². The van der Waals surface area contributed by atoms with Crippen LogP contribution in [0.3, 0.4) is 0 Å². The van der Waals surface area contributed by atoms with E-state index in [1.54, 1.807) is 12.1 Å². The summed E-state index contributed by atoms with van der Waals surface area (Å²) in [4.78, 5) is -0.0917. The van der Waals surface area contributed by atoms with Crippen LogP contribution < -0.4 is 4.74 Å². The fourth-order valence-corrected chi connectivity index (χ4v) is 3.37. The quantitative estimate of drug-likeness (QED) is 0.499. The maximum Gasteiger partial charge on any atom is 0.127 e. The third-order valence-corrected chi connectivity index (χ3v) is 4.72. The molecule has 0 aliphatic carbocycles. The van der Waals surface area contributed by atoms with E-state index >= 15 is 0 Å². The number of ether oxygens (including phenoxy) is 1. The largest absolute Gasteiger partial charge is 0.494 e. The van der Waals surface area contributed by atoms with Gasteiger partial charge in [0, 0.05) is 25.4 Å². The Kier molecular flexibility index (Phi) is 6.08. The monoisotopic (exact) mass is 434 g/mol. The van der Waals surface area contributed by atoms with E-state index in [1.165, 1.54) is 6.07 Å². The molecule has 2 aromatic carbocycles. The second-order valence-corrected chi connectivity index (χ2v) is 6.92. The van der Waals surface area contributed by atoms with E-state index in [1.807, 2.05) is 25.1 Å². The molecule has 0 radical (unpaired) electrons. The van der Waals surface area contributed by atoms with Crippen LogP contribution in [0.25, 0.3) is 0 Å². The Morgan fingerprint density at radius 2 is 2.05 bits per heavy atom. The van der Waals surface area contributed by atoms with Gasteiger partial charge in [-0.1, -0.05) is 49.5 Å². The van der Waals surface area contributed by atoms with Gasteiger partial charge in [0.1, 0.15) is 11.6 Å². The minimum atomic E-state index is -0.292. The molecular weight excluding hydrogens is 422 g/mol. The normalized spacial score (nSPS) is 12.2. The molecule has 0 bridgehead atoms. The summed E-state index contributed by atoms with van der Waals surface area (Å²) in [7, 11) is 0. The van der Waals surface area contributed by atoms with Gasteiger partial charge in [0.15, 0.2) is 0 Å². The molecule has 1 nitrogen and oxygen atoms in total. The van der Waals surface area contributed by atoms with E-state index < -0.39 is 0 Å². The Bertz CT molecular complexity index is 613. The third kappa shape index (κ3) is 4.21. The van der Waals surface area contributed by atoms with Crippen molar-refractivity contribution in [3.8, 4) is 5.75 Å². The van der Waals surface area contributed by atoms with Crippen LogP contribution >= 0.6 is 43.5 Å². The highest BCUT2D eigenvalue weighted by atomic mass is 79.9. The molecule has 0 saturated carbocycles. The van der Waals surface area contributed by atoms with Crippen LogP contribution in [0.5, 0.6) is 5.75 Å². The molecule has 0 heterocycles. The summed E-state index contributed by atoms with van der Waals surface area (Å²) in [5, 5.41) is 0.437. The minimum Gasteiger partial charge on any atom is -0.494 e. The average molecular weight is 437 g/mol. The van der Waals surface area contributed by atoms with Gasteiger partial charge in [0.2, 0.25) is 0 Å². The van der Waals surface area contributed by atoms with Gasteiger partial charge < -0.3 is 4.74 Å². The van der Waals surface area contributed by atoms with E-state index in [-0.39, 0.29) is 10.6 Å². The molecule has 1 unspecified atom stereocenters. The number of hydrogen-bond donors (Lipinski definition) is 0. The zero-order chi connectivity index (χ0) is 15.4. The van der Waals surface area contributed by atoms with E-state index in [4.69, 9.17) is 16.3 Å². The fourth-order valence-electron chi connectivity index (χ4n) is 2.07. The molecule has 5 heteroatoms. The van der Waals surface area contributed by atoms with E-state index in [0.29, 0.717) is 23.6 Å². The Balaban J connectivity index is 2.32. The van der Waals surface area contributed by atoms with Crippen LogP contribution in [-0.4, -0.2) is 6.61 Å². The molecule has 0 saturated heterocycles. The van der Waals surface area contributed by atoms with Crippen molar-refractivity contribution in [2.75, 3.05) is 6.61 Å². The fraction of sp³-hybridized carbons (Fsp3) is 0.250. The van der Waals surface area contributed by atoms with Crippen molar-refractivity contribution in [1.82, 2.24) is 0 Å². The molecule has 0 spiro atoms. The summed E-state index contributed by atoms with van der Waals surface area (Å²) >= 11 is 13.2. The van der Waals surface area contributed by atoms with Gasteiger partial charge >= 0.3 is 0 Å². The van der Waals surface area contributed by atoms with Crippen LogP contribution in [0.2, 0.25) is 5.02 Å². The number of alkyl halides is 1. The third-order valence-electron chi connectivity index (χ3n) is 3.05. The molecule has 1 atom stereocenters. The SMILES string of the molecule is CCOc1ccc(Br)cc1C(Br)Cc1c(F)cccc1Cl. The van der Waals surface area contributed by atoms with Crippen molar-refractivity contribution in [2.45, 2.75) is 18.2 Å². The second-order valence-electron chi connectivity index (χ2n) is 4.49. The average Bonchev–Trinajstić information content (AvgIpc) is 2.45. The molecule has 0 N–H and O–H groups in total. The van der Waals surface area contributed by atoms with Crippen molar-refractivity contribution in [1.29, 1.82) is 0 Å². The van der Waals surface area contributed by atoms with Crippen LogP contribution in [-0.2, 0) is 6.42 Å². The first-order valence-electron chi connectivity index (χ1n) is 6.52. The van der Waals surface area contributed by atoms with Gasteiger partial charge in [-0.25, -0.2) is 4.39 Å². The molecule has 0 amide bonds. The zero-order valence-electron chi connectivity index (χ0n) is 11.4. The molecular formula is C16H14Br2ClFO. The number of hydrogen-bond acceptors (Lipinski definition) is 1. The van der Waals surface area contributed by atoms with Crippen molar-refractivity contribution < 1.29 is 9.13 Å². The van der Waals surface area contributed by atoms with E-state index in [2.05, 4.69) is 31.9 Å². The summed E-state index contributed by atoms with van der Waals surface area (Å²) in [6.45, 7) is 2.51. The highest BCUT2D eigenvalue weighted by molar-refractivity contribution is 9.10. The topological polar surface area (TPSA) is 9.23 Å². The molecule has 21 heavy (non-hydrogen) atoms. The second kappa shape index (κ2) is 7.61. The summed E-state index contributed by atoms with van der Waals surface area (Å²) in [5.74, 6) is 0.495. The summed E-state index contributed by atoms with van der Waals surface area (Å²) < 4.78 is 20.5. The lowest BCUT2D eigenvalue weighted by Crippen LogP contribution is -2.03. The highest BCUT2D eigenvalue weighted by Gasteiger charge is 2.18. The lowest BCUT2D eigenvalue weighted by atomic mass is 10.0. The van der Waals surface area contributed by atoms with E-state index in [0.717, 1.165) is 15.8 Å². The molecule has 2 aromatic rings. The van der Waals surface area contributed by atoms with Crippen LogP contribution in [0, 0.1) is 5.82 Å². The smallest absolute Gasteiger partial charge is 0.127 e. The van der Waals surface area contributed by atoms with Crippen molar-refractivity contribution >= 4 is 43.5 Å². The molecule has 2 rings (SSSR count). The maximum absolute atomic E-state index is 13.9. The van der Waals surface area contributed by atoms with Crippen LogP contribution in [0.4, 0.5) is 4.39 Å². The Morgan fingerprint density at radius 1 is 1.29 bits per heavy atom. The first-order valence-corrected chi connectivity index (χ1v) is 8.60. The predicted octanol–water partition coefficient (Wildman–Crippen LogP) is 6.32. The number of rotatable bonds is 5. The Morgan fingerprint density at radius 3 is 2.71 bits per heavy atom. The molecule has 0 aliphatic heterocycles. The lowest BCUT2D eigenvalue weighted by Gasteiger charge is -2.17. The first-order chi connectivity index (χ1) is 10.0. The molecule has 112 valence electrons. The van der Waals surface area contributed by atoms with Crippen LogP contribution in [0.1, 0.15) is 22.9 Å². The standard InChI is InChI=1S/C16H14Br2ClFO/c1-2-21-16-7-6-10(17)8-11(16)13(18)9-12-14(19)4-3-5-15(12)20/h3-8,13H,2,9H2,1H3. The molecule has 0 aliphatic rings. The van der Waals surface area contributed by atoms with Gasteiger partial charge in [-0.05, 0) is 43.7 Å². The van der Waals surface area contributed by atoms with Crippen molar-refractivity contribution in [2.24, 2.45) is 0 Å². The Hall–Kier alpha value is -0.580. The van der Waals surface area contributed by atoms with Gasteiger partial charge in [-0.3, -0.25) is 0 Å². The number of halogens is 4.